The van der Waals surface area contributed by atoms with Gasteiger partial charge in [-0.3, -0.25) is 9.69 Å². The number of ether oxygens (including phenoxy) is 1. The molecule has 2 heterocycles. The molecule has 138 valence electrons. The number of Topliss-reactive ketones (excluding diaryl/α,β-unsaturated/α-hetero) is 1. The third-order valence-electron chi connectivity index (χ3n) is 4.45. The SMILES string of the molecule is C[C@@H]1CN(CC(=O)c2ncc(C3CC3)s2)CCN1C(=O)OC(C)(C)C. The van der Waals surface area contributed by atoms with E-state index in [1.165, 1.54) is 17.7 Å². The lowest BCUT2D eigenvalue weighted by Gasteiger charge is -2.39. The van der Waals surface area contributed by atoms with E-state index < -0.39 is 5.60 Å². The third-order valence-corrected chi connectivity index (χ3v) is 5.65. The molecule has 0 N–H and O–H groups in total. The van der Waals surface area contributed by atoms with Crippen molar-refractivity contribution in [2.45, 2.75) is 58.1 Å². The van der Waals surface area contributed by atoms with Gasteiger partial charge in [-0.05, 0) is 46.5 Å². The van der Waals surface area contributed by atoms with Crippen molar-refractivity contribution >= 4 is 23.2 Å². The summed E-state index contributed by atoms with van der Waals surface area (Å²) in [4.78, 5) is 34.1. The largest absolute Gasteiger partial charge is 0.444 e. The second-order valence-electron chi connectivity index (χ2n) is 8.02. The predicted molar refractivity (Wildman–Crippen MR) is 97.3 cm³/mol. The molecule has 1 aliphatic carbocycles. The van der Waals surface area contributed by atoms with Gasteiger partial charge in [-0.15, -0.1) is 11.3 Å². The number of ketones is 1. The molecule has 2 fully saturated rings. The number of amides is 1. The number of hydrogen-bond donors (Lipinski definition) is 0. The normalized spacial score (nSPS) is 22.1. The second kappa shape index (κ2) is 7.03. The van der Waals surface area contributed by atoms with Crippen LogP contribution in [0.1, 0.15) is 61.1 Å². The standard InChI is InChI=1S/C18H27N3O3S/c1-12-10-20(7-8-21(12)17(23)24-18(2,3)4)11-14(22)16-19-9-15(25-16)13-5-6-13/h9,12-13H,5-8,10-11H2,1-4H3/t12-/m1/s1. The van der Waals surface area contributed by atoms with Crippen LogP contribution in [0.3, 0.4) is 0 Å². The van der Waals surface area contributed by atoms with E-state index in [1.54, 1.807) is 16.2 Å². The summed E-state index contributed by atoms with van der Waals surface area (Å²) in [6, 6.07) is 0.0229. The van der Waals surface area contributed by atoms with Gasteiger partial charge >= 0.3 is 6.09 Å². The highest BCUT2D eigenvalue weighted by Crippen LogP contribution is 2.42. The first-order valence-electron chi connectivity index (χ1n) is 8.94. The molecule has 3 rings (SSSR count). The van der Waals surface area contributed by atoms with Gasteiger partial charge in [0.25, 0.3) is 0 Å². The zero-order valence-corrected chi connectivity index (χ0v) is 16.3. The zero-order valence-electron chi connectivity index (χ0n) is 15.4. The van der Waals surface area contributed by atoms with Gasteiger partial charge in [0.05, 0.1) is 6.54 Å². The van der Waals surface area contributed by atoms with Crippen molar-refractivity contribution in [2.24, 2.45) is 0 Å². The minimum Gasteiger partial charge on any atom is -0.444 e. The Hall–Kier alpha value is -1.47. The van der Waals surface area contributed by atoms with Gasteiger partial charge in [0.1, 0.15) is 5.60 Å². The first-order valence-corrected chi connectivity index (χ1v) is 9.75. The van der Waals surface area contributed by atoms with Crippen LogP contribution in [0.25, 0.3) is 0 Å². The van der Waals surface area contributed by atoms with E-state index in [2.05, 4.69) is 9.88 Å². The Morgan fingerprint density at radius 1 is 1.32 bits per heavy atom. The molecule has 1 saturated carbocycles. The molecule has 2 aliphatic rings. The van der Waals surface area contributed by atoms with Crippen molar-refractivity contribution < 1.29 is 14.3 Å². The van der Waals surface area contributed by atoms with Gasteiger partial charge in [0, 0.05) is 36.8 Å². The fraction of sp³-hybridized carbons (Fsp3) is 0.722. The molecule has 0 bridgehead atoms. The molecule has 0 aromatic carbocycles. The smallest absolute Gasteiger partial charge is 0.410 e. The Morgan fingerprint density at radius 2 is 2.04 bits per heavy atom. The average Bonchev–Trinajstić information content (AvgIpc) is 3.22. The molecule has 7 heteroatoms. The molecule has 0 spiro atoms. The summed E-state index contributed by atoms with van der Waals surface area (Å²) in [5, 5.41) is 0.615. The third kappa shape index (κ3) is 4.79. The Morgan fingerprint density at radius 3 is 2.64 bits per heavy atom. The fourth-order valence-electron chi connectivity index (χ4n) is 3.01. The molecular formula is C18H27N3O3S. The van der Waals surface area contributed by atoms with Crippen LogP contribution in [-0.4, -0.2) is 64.5 Å². The quantitative estimate of drug-likeness (QED) is 0.767. The Labute approximate surface area is 153 Å². The van der Waals surface area contributed by atoms with Crippen LogP contribution in [0.4, 0.5) is 4.79 Å². The molecule has 1 saturated heterocycles. The first kappa shape index (κ1) is 18.3. The number of piperazine rings is 1. The average molecular weight is 365 g/mol. The maximum Gasteiger partial charge on any atom is 0.410 e. The van der Waals surface area contributed by atoms with Crippen molar-refractivity contribution in [1.29, 1.82) is 0 Å². The molecule has 0 unspecified atom stereocenters. The number of carbonyl (C=O) groups is 2. The topological polar surface area (TPSA) is 62.7 Å². The van der Waals surface area contributed by atoms with Crippen LogP contribution in [0.2, 0.25) is 0 Å². The summed E-state index contributed by atoms with van der Waals surface area (Å²) in [7, 11) is 0. The molecule has 6 nitrogen and oxygen atoms in total. The van der Waals surface area contributed by atoms with E-state index in [9.17, 15) is 9.59 Å². The molecule has 0 radical (unpaired) electrons. The molecule has 25 heavy (non-hydrogen) atoms. The zero-order chi connectivity index (χ0) is 18.2. The van der Waals surface area contributed by atoms with Crippen LogP contribution in [0.15, 0.2) is 6.20 Å². The summed E-state index contributed by atoms with van der Waals surface area (Å²) in [5.41, 5.74) is -0.492. The lowest BCUT2D eigenvalue weighted by Crippen LogP contribution is -2.55. The molecule has 1 aromatic heterocycles. The van der Waals surface area contributed by atoms with Crippen molar-refractivity contribution in [3.8, 4) is 0 Å². The maximum absolute atomic E-state index is 12.5. The van der Waals surface area contributed by atoms with Gasteiger partial charge < -0.3 is 9.64 Å². The van der Waals surface area contributed by atoms with Gasteiger partial charge in [0.2, 0.25) is 5.78 Å². The van der Waals surface area contributed by atoms with E-state index in [1.807, 2.05) is 33.9 Å². The molecule has 1 atom stereocenters. The molecule has 1 aromatic rings. The summed E-state index contributed by atoms with van der Waals surface area (Å²) in [6.45, 7) is 9.90. The van der Waals surface area contributed by atoms with Crippen LogP contribution in [0.5, 0.6) is 0 Å². The minimum absolute atomic E-state index is 0.0229. The second-order valence-corrected chi connectivity index (χ2v) is 9.09. The Balaban J connectivity index is 1.52. The maximum atomic E-state index is 12.5. The van der Waals surface area contributed by atoms with Crippen LogP contribution < -0.4 is 0 Å². The molecule has 1 amide bonds. The van der Waals surface area contributed by atoms with Gasteiger partial charge in [0.15, 0.2) is 5.01 Å². The summed E-state index contributed by atoms with van der Waals surface area (Å²) in [6.07, 6.45) is 4.03. The van der Waals surface area contributed by atoms with Crippen molar-refractivity contribution in [3.05, 3.63) is 16.1 Å². The number of hydrogen-bond acceptors (Lipinski definition) is 6. The van der Waals surface area contributed by atoms with Gasteiger partial charge in [-0.25, -0.2) is 9.78 Å². The van der Waals surface area contributed by atoms with E-state index in [0.29, 0.717) is 37.1 Å². The van der Waals surface area contributed by atoms with Crippen LogP contribution in [0, 0.1) is 0 Å². The van der Waals surface area contributed by atoms with Crippen molar-refractivity contribution in [1.82, 2.24) is 14.8 Å². The monoisotopic (exact) mass is 365 g/mol. The van der Waals surface area contributed by atoms with Crippen LogP contribution >= 0.6 is 11.3 Å². The summed E-state index contributed by atoms with van der Waals surface area (Å²) >= 11 is 1.54. The minimum atomic E-state index is -0.492. The molecular weight excluding hydrogens is 338 g/mol. The molecule has 1 aliphatic heterocycles. The predicted octanol–water partition coefficient (Wildman–Crippen LogP) is 3.14. The highest BCUT2D eigenvalue weighted by atomic mass is 32.1. The van der Waals surface area contributed by atoms with Gasteiger partial charge in [-0.2, -0.15) is 0 Å². The van der Waals surface area contributed by atoms with Crippen LogP contribution in [-0.2, 0) is 4.74 Å². The van der Waals surface area contributed by atoms with E-state index in [0.717, 1.165) is 0 Å². The van der Waals surface area contributed by atoms with E-state index in [-0.39, 0.29) is 17.9 Å². The highest BCUT2D eigenvalue weighted by molar-refractivity contribution is 7.13. The Kier molecular flexibility index (Phi) is 5.16. The number of thiazole rings is 1. The summed E-state index contributed by atoms with van der Waals surface area (Å²) in [5.74, 6) is 0.714. The highest BCUT2D eigenvalue weighted by Gasteiger charge is 2.32. The van der Waals surface area contributed by atoms with Gasteiger partial charge in [-0.1, -0.05) is 0 Å². The summed E-state index contributed by atoms with van der Waals surface area (Å²) < 4.78 is 5.46. The number of nitrogens with zero attached hydrogens (tertiary/aromatic N) is 3. The van der Waals surface area contributed by atoms with Crippen molar-refractivity contribution in [3.63, 3.8) is 0 Å². The lowest BCUT2D eigenvalue weighted by molar-refractivity contribution is 0.00220. The Bertz CT molecular complexity index is 648. The lowest BCUT2D eigenvalue weighted by atomic mass is 10.2. The number of carbonyl (C=O) groups excluding carboxylic acids is 2. The first-order chi connectivity index (χ1) is 11.7. The fourth-order valence-corrected chi connectivity index (χ4v) is 4.03. The van der Waals surface area contributed by atoms with E-state index in [4.69, 9.17) is 4.74 Å². The number of rotatable bonds is 4. The van der Waals surface area contributed by atoms with Crippen molar-refractivity contribution in [2.75, 3.05) is 26.2 Å². The number of aromatic nitrogens is 1. The van der Waals surface area contributed by atoms with E-state index >= 15 is 0 Å².